The minimum atomic E-state index is -0.484. The van der Waals surface area contributed by atoms with E-state index in [1.807, 2.05) is 6.07 Å². The van der Waals surface area contributed by atoms with Crippen molar-refractivity contribution in [3.63, 3.8) is 0 Å². The summed E-state index contributed by atoms with van der Waals surface area (Å²) in [5.41, 5.74) is 1.41. The molecule has 1 heterocycles. The second-order valence-corrected chi connectivity index (χ2v) is 4.73. The molecule has 0 unspecified atom stereocenters. The third kappa shape index (κ3) is 2.93. The van der Waals surface area contributed by atoms with Crippen molar-refractivity contribution in [2.75, 3.05) is 0 Å². The molecule has 0 atom stereocenters. The van der Waals surface area contributed by atoms with Crippen molar-refractivity contribution in [2.24, 2.45) is 0 Å². The Balaban J connectivity index is 2.48. The molecule has 1 aromatic heterocycles. The highest BCUT2D eigenvalue weighted by Crippen LogP contribution is 2.34. The van der Waals surface area contributed by atoms with E-state index >= 15 is 0 Å². The summed E-state index contributed by atoms with van der Waals surface area (Å²) in [5, 5.41) is 20.0. The molecule has 0 saturated carbocycles. The molecule has 0 aliphatic heterocycles. The summed E-state index contributed by atoms with van der Waals surface area (Å²) in [6, 6.07) is 6.34. The summed E-state index contributed by atoms with van der Waals surface area (Å²) < 4.78 is 5.53. The molecule has 0 aliphatic carbocycles. The molecular weight excluding hydrogens is 294 g/mol. The van der Waals surface area contributed by atoms with Gasteiger partial charge in [-0.15, -0.1) is 0 Å². The van der Waals surface area contributed by atoms with E-state index in [2.05, 4.69) is 4.98 Å². The summed E-state index contributed by atoms with van der Waals surface area (Å²) in [5.74, 6) is 0.314. The zero-order valence-corrected chi connectivity index (χ0v) is 12.0. The van der Waals surface area contributed by atoms with Crippen molar-refractivity contribution in [3.05, 3.63) is 56.2 Å². The van der Waals surface area contributed by atoms with E-state index in [0.29, 0.717) is 11.1 Å². The van der Waals surface area contributed by atoms with Crippen LogP contribution < -0.4 is 4.74 Å². The Morgan fingerprint density at radius 1 is 1.38 bits per heavy atom. The summed E-state index contributed by atoms with van der Waals surface area (Å²) in [6.07, 6.45) is 1.39. The fourth-order valence-electron chi connectivity index (χ4n) is 1.81. The van der Waals surface area contributed by atoms with Gasteiger partial charge in [0.25, 0.3) is 5.69 Å². The number of nitro groups is 1. The second kappa shape index (κ2) is 5.77. The standard InChI is InChI=1S/C14H10ClN3O3/c1-8-5-9(2)12(6-11(8)18(19)20)21-14-13(15)10(7-16)3-4-17-14/h3-6H,1-2H3. The highest BCUT2D eigenvalue weighted by molar-refractivity contribution is 6.33. The van der Waals surface area contributed by atoms with E-state index in [1.54, 1.807) is 19.9 Å². The lowest BCUT2D eigenvalue weighted by Crippen LogP contribution is -1.97. The first-order valence-electron chi connectivity index (χ1n) is 5.92. The van der Waals surface area contributed by atoms with E-state index in [4.69, 9.17) is 21.6 Å². The normalized spacial score (nSPS) is 10.0. The Labute approximate surface area is 125 Å². The van der Waals surface area contributed by atoms with Gasteiger partial charge in [-0.05, 0) is 31.5 Å². The van der Waals surface area contributed by atoms with Crippen LogP contribution in [0.1, 0.15) is 16.7 Å². The Morgan fingerprint density at radius 3 is 2.71 bits per heavy atom. The van der Waals surface area contributed by atoms with Gasteiger partial charge < -0.3 is 4.74 Å². The third-order valence-corrected chi connectivity index (χ3v) is 3.24. The predicted octanol–water partition coefficient (Wildman–Crippen LogP) is 3.92. The molecule has 1 aromatic carbocycles. The van der Waals surface area contributed by atoms with E-state index in [9.17, 15) is 10.1 Å². The van der Waals surface area contributed by atoms with Gasteiger partial charge in [-0.2, -0.15) is 5.26 Å². The smallest absolute Gasteiger partial charge is 0.276 e. The molecule has 106 valence electrons. The number of rotatable bonds is 3. The van der Waals surface area contributed by atoms with Gasteiger partial charge in [0.1, 0.15) is 16.8 Å². The van der Waals surface area contributed by atoms with Crippen LogP contribution in [0.3, 0.4) is 0 Å². The minimum absolute atomic E-state index is 0.0389. The van der Waals surface area contributed by atoms with Crippen molar-refractivity contribution < 1.29 is 9.66 Å². The second-order valence-electron chi connectivity index (χ2n) is 4.35. The van der Waals surface area contributed by atoms with Crippen LogP contribution in [0.2, 0.25) is 5.02 Å². The van der Waals surface area contributed by atoms with Crippen LogP contribution in [-0.2, 0) is 0 Å². The van der Waals surface area contributed by atoms with Crippen molar-refractivity contribution in [2.45, 2.75) is 13.8 Å². The van der Waals surface area contributed by atoms with Crippen LogP contribution in [0.15, 0.2) is 24.4 Å². The van der Waals surface area contributed by atoms with Crippen LogP contribution in [0.4, 0.5) is 5.69 Å². The molecule has 2 aromatic rings. The first kappa shape index (κ1) is 14.8. The van der Waals surface area contributed by atoms with Gasteiger partial charge in [0.05, 0.1) is 16.6 Å². The average Bonchev–Trinajstić information content (AvgIpc) is 2.43. The molecule has 2 rings (SSSR count). The molecule has 0 bridgehead atoms. The number of hydrogen-bond donors (Lipinski definition) is 0. The molecule has 0 saturated heterocycles. The largest absolute Gasteiger partial charge is 0.437 e. The van der Waals surface area contributed by atoms with Gasteiger partial charge in [0, 0.05) is 11.8 Å². The summed E-state index contributed by atoms with van der Waals surface area (Å²) >= 11 is 6.00. The fraction of sp³-hybridized carbons (Fsp3) is 0.143. The molecule has 6 nitrogen and oxygen atoms in total. The topological polar surface area (TPSA) is 89.1 Å². The lowest BCUT2D eigenvalue weighted by Gasteiger charge is -2.10. The van der Waals surface area contributed by atoms with E-state index in [-0.39, 0.29) is 27.9 Å². The van der Waals surface area contributed by atoms with Gasteiger partial charge in [-0.25, -0.2) is 4.98 Å². The summed E-state index contributed by atoms with van der Waals surface area (Å²) in [6.45, 7) is 3.41. The maximum atomic E-state index is 11.0. The van der Waals surface area contributed by atoms with E-state index in [1.165, 1.54) is 18.3 Å². The summed E-state index contributed by atoms with van der Waals surface area (Å²) in [7, 11) is 0. The van der Waals surface area contributed by atoms with Crippen LogP contribution in [-0.4, -0.2) is 9.91 Å². The van der Waals surface area contributed by atoms with Gasteiger partial charge in [0.2, 0.25) is 5.88 Å². The van der Waals surface area contributed by atoms with Crippen LogP contribution in [0.5, 0.6) is 11.6 Å². The lowest BCUT2D eigenvalue weighted by molar-refractivity contribution is -0.385. The number of aromatic nitrogens is 1. The van der Waals surface area contributed by atoms with Gasteiger partial charge in [-0.3, -0.25) is 10.1 Å². The van der Waals surface area contributed by atoms with Crippen molar-refractivity contribution in [3.8, 4) is 17.7 Å². The van der Waals surface area contributed by atoms with Crippen LogP contribution in [0.25, 0.3) is 0 Å². The number of nitrogens with zero attached hydrogens (tertiary/aromatic N) is 3. The molecule has 0 spiro atoms. The van der Waals surface area contributed by atoms with Crippen molar-refractivity contribution >= 4 is 17.3 Å². The Morgan fingerprint density at radius 2 is 2.10 bits per heavy atom. The number of halogens is 1. The maximum Gasteiger partial charge on any atom is 0.276 e. The predicted molar refractivity (Wildman–Crippen MR) is 76.6 cm³/mol. The molecule has 0 amide bonds. The SMILES string of the molecule is Cc1cc(C)c([N+](=O)[O-])cc1Oc1nccc(C#N)c1Cl. The zero-order chi connectivity index (χ0) is 15.6. The van der Waals surface area contributed by atoms with Crippen molar-refractivity contribution in [1.29, 1.82) is 5.26 Å². The number of nitro benzene ring substituents is 1. The van der Waals surface area contributed by atoms with Crippen LogP contribution in [0, 0.1) is 35.3 Å². The Hall–Kier alpha value is -2.65. The molecule has 7 heteroatoms. The first-order chi connectivity index (χ1) is 9.93. The number of aryl methyl sites for hydroxylation is 2. The number of pyridine rings is 1. The third-order valence-electron chi connectivity index (χ3n) is 2.87. The number of ether oxygens (including phenoxy) is 1. The molecular formula is C14H10ClN3O3. The minimum Gasteiger partial charge on any atom is -0.437 e. The fourth-order valence-corrected chi connectivity index (χ4v) is 2.01. The number of nitriles is 1. The summed E-state index contributed by atoms with van der Waals surface area (Å²) in [4.78, 5) is 14.4. The molecule has 21 heavy (non-hydrogen) atoms. The Bertz CT molecular complexity index is 769. The van der Waals surface area contributed by atoms with Crippen molar-refractivity contribution in [1.82, 2.24) is 4.98 Å². The maximum absolute atomic E-state index is 11.0. The first-order valence-corrected chi connectivity index (χ1v) is 6.30. The Kier molecular flexibility index (Phi) is 4.05. The van der Waals surface area contributed by atoms with E-state index in [0.717, 1.165) is 0 Å². The number of hydrogen-bond acceptors (Lipinski definition) is 5. The zero-order valence-electron chi connectivity index (χ0n) is 11.3. The van der Waals surface area contributed by atoms with Gasteiger partial charge in [-0.1, -0.05) is 11.6 Å². The molecule has 0 fully saturated rings. The van der Waals surface area contributed by atoms with Gasteiger partial charge in [0.15, 0.2) is 0 Å². The monoisotopic (exact) mass is 303 g/mol. The quantitative estimate of drug-likeness (QED) is 0.633. The van der Waals surface area contributed by atoms with Gasteiger partial charge >= 0.3 is 0 Å². The van der Waals surface area contributed by atoms with E-state index < -0.39 is 4.92 Å². The average molecular weight is 304 g/mol. The molecule has 0 aliphatic rings. The number of benzene rings is 1. The highest BCUT2D eigenvalue weighted by atomic mass is 35.5. The molecule has 0 N–H and O–H groups in total. The van der Waals surface area contributed by atoms with Crippen LogP contribution >= 0.6 is 11.6 Å². The molecule has 0 radical (unpaired) electrons. The highest BCUT2D eigenvalue weighted by Gasteiger charge is 2.17. The lowest BCUT2D eigenvalue weighted by atomic mass is 10.1.